The Morgan fingerprint density at radius 1 is 1.22 bits per heavy atom. The van der Waals surface area contributed by atoms with Gasteiger partial charge in [0.15, 0.2) is 0 Å². The number of hydrogen-bond donors (Lipinski definition) is 1. The molecule has 0 spiro atoms. The minimum Gasteiger partial charge on any atom is -0.371 e. The van der Waals surface area contributed by atoms with Gasteiger partial charge in [-0.3, -0.25) is 4.79 Å². The Kier molecular flexibility index (Phi) is 4.23. The van der Waals surface area contributed by atoms with E-state index in [-0.39, 0.29) is 11.8 Å². The summed E-state index contributed by atoms with van der Waals surface area (Å²) < 4.78 is 0. The number of fused-ring (bicyclic) bond motifs is 2. The standard InChI is InChI=1S/C19H25ClN2O/c20-16-4-1-5-17(11-16)22-8-2-3-15(12-22)19(23)21-18-10-13-6-7-14(18)9-13/h1,4-5,11,13-15,18H,2-3,6-10,12H2,(H,21,23)/t13-,14+,15?,18-/m1/s1. The zero-order chi connectivity index (χ0) is 15.8. The number of nitrogens with zero attached hydrogens (tertiary/aromatic N) is 1. The van der Waals surface area contributed by atoms with Crippen LogP contribution in [0.25, 0.3) is 0 Å². The highest BCUT2D eigenvalue weighted by molar-refractivity contribution is 6.30. The van der Waals surface area contributed by atoms with Crippen LogP contribution >= 0.6 is 11.6 Å². The average molecular weight is 333 g/mol. The molecule has 1 heterocycles. The molecule has 1 aromatic carbocycles. The molecule has 1 saturated heterocycles. The van der Waals surface area contributed by atoms with E-state index in [9.17, 15) is 4.79 Å². The third kappa shape index (κ3) is 3.21. The minimum absolute atomic E-state index is 0.113. The second-order valence-corrected chi connectivity index (χ2v) is 7.99. The van der Waals surface area contributed by atoms with E-state index < -0.39 is 0 Å². The highest BCUT2D eigenvalue weighted by Crippen LogP contribution is 2.44. The lowest BCUT2D eigenvalue weighted by Crippen LogP contribution is -2.47. The van der Waals surface area contributed by atoms with Crippen molar-refractivity contribution in [2.75, 3.05) is 18.0 Å². The molecule has 124 valence electrons. The summed E-state index contributed by atoms with van der Waals surface area (Å²) >= 11 is 6.11. The third-order valence-corrected chi connectivity index (χ3v) is 6.27. The van der Waals surface area contributed by atoms with Crippen LogP contribution in [0.15, 0.2) is 24.3 Å². The van der Waals surface area contributed by atoms with Gasteiger partial charge < -0.3 is 10.2 Å². The molecule has 0 aromatic heterocycles. The maximum atomic E-state index is 12.7. The van der Waals surface area contributed by atoms with E-state index in [4.69, 9.17) is 11.6 Å². The predicted octanol–water partition coefficient (Wildman–Crippen LogP) is 3.86. The Bertz CT molecular complexity index is 590. The molecule has 1 unspecified atom stereocenters. The molecule has 4 rings (SSSR count). The number of anilines is 1. The number of hydrogen-bond acceptors (Lipinski definition) is 2. The first-order valence-corrected chi connectivity index (χ1v) is 9.38. The summed E-state index contributed by atoms with van der Waals surface area (Å²) in [4.78, 5) is 15.0. The normalized spacial score (nSPS) is 33.0. The molecule has 4 heteroatoms. The zero-order valence-electron chi connectivity index (χ0n) is 13.5. The van der Waals surface area contributed by atoms with E-state index in [0.29, 0.717) is 6.04 Å². The van der Waals surface area contributed by atoms with Gasteiger partial charge in [0.1, 0.15) is 0 Å². The minimum atomic E-state index is 0.113. The van der Waals surface area contributed by atoms with E-state index >= 15 is 0 Å². The van der Waals surface area contributed by atoms with Crippen LogP contribution in [0.3, 0.4) is 0 Å². The van der Waals surface area contributed by atoms with Gasteiger partial charge in [-0.1, -0.05) is 24.1 Å². The van der Waals surface area contributed by atoms with Gasteiger partial charge in [0, 0.05) is 29.8 Å². The van der Waals surface area contributed by atoms with Crippen molar-refractivity contribution in [2.45, 2.75) is 44.6 Å². The molecule has 0 radical (unpaired) electrons. The molecule has 2 aliphatic carbocycles. The predicted molar refractivity (Wildman–Crippen MR) is 93.8 cm³/mol. The van der Waals surface area contributed by atoms with Crippen molar-refractivity contribution < 1.29 is 4.79 Å². The van der Waals surface area contributed by atoms with Crippen molar-refractivity contribution in [3.05, 3.63) is 29.3 Å². The molecule has 23 heavy (non-hydrogen) atoms. The fourth-order valence-electron chi connectivity index (χ4n) is 4.82. The van der Waals surface area contributed by atoms with Gasteiger partial charge >= 0.3 is 0 Å². The molecule has 2 saturated carbocycles. The number of nitrogens with one attached hydrogen (secondary N) is 1. The first-order valence-electron chi connectivity index (χ1n) is 9.00. The number of carbonyl (C=O) groups is 1. The van der Waals surface area contributed by atoms with Gasteiger partial charge in [0.25, 0.3) is 0 Å². The second kappa shape index (κ2) is 6.35. The zero-order valence-corrected chi connectivity index (χ0v) is 14.3. The van der Waals surface area contributed by atoms with Crippen LogP contribution < -0.4 is 10.2 Å². The fourth-order valence-corrected chi connectivity index (χ4v) is 5.01. The largest absolute Gasteiger partial charge is 0.371 e. The van der Waals surface area contributed by atoms with E-state index in [1.165, 1.54) is 25.7 Å². The van der Waals surface area contributed by atoms with Gasteiger partial charge in [-0.2, -0.15) is 0 Å². The molecule has 1 N–H and O–H groups in total. The molecule has 1 aliphatic heterocycles. The van der Waals surface area contributed by atoms with Gasteiger partial charge in [-0.15, -0.1) is 0 Å². The Morgan fingerprint density at radius 2 is 2.13 bits per heavy atom. The Balaban J connectivity index is 1.38. The van der Waals surface area contributed by atoms with E-state index in [1.807, 2.05) is 18.2 Å². The Hall–Kier alpha value is -1.22. The van der Waals surface area contributed by atoms with Gasteiger partial charge in [-0.25, -0.2) is 0 Å². The quantitative estimate of drug-likeness (QED) is 0.911. The number of rotatable bonds is 3. The van der Waals surface area contributed by atoms with E-state index in [0.717, 1.165) is 48.5 Å². The highest BCUT2D eigenvalue weighted by Gasteiger charge is 2.41. The fraction of sp³-hybridized carbons (Fsp3) is 0.632. The van der Waals surface area contributed by atoms with Crippen LogP contribution in [0.5, 0.6) is 0 Å². The van der Waals surface area contributed by atoms with Crippen molar-refractivity contribution >= 4 is 23.2 Å². The molecule has 3 nitrogen and oxygen atoms in total. The van der Waals surface area contributed by atoms with Crippen LogP contribution in [0.2, 0.25) is 5.02 Å². The van der Waals surface area contributed by atoms with Crippen molar-refractivity contribution in [1.82, 2.24) is 5.32 Å². The van der Waals surface area contributed by atoms with Crippen LogP contribution in [0, 0.1) is 17.8 Å². The second-order valence-electron chi connectivity index (χ2n) is 7.55. The number of piperidine rings is 1. The van der Waals surface area contributed by atoms with Gasteiger partial charge in [0.05, 0.1) is 5.92 Å². The van der Waals surface area contributed by atoms with E-state index in [2.05, 4.69) is 16.3 Å². The molecule has 3 aliphatic rings. The van der Waals surface area contributed by atoms with Crippen molar-refractivity contribution in [1.29, 1.82) is 0 Å². The summed E-state index contributed by atoms with van der Waals surface area (Å²) in [7, 11) is 0. The molecule has 1 amide bonds. The smallest absolute Gasteiger partial charge is 0.225 e. The molecule has 3 fully saturated rings. The van der Waals surface area contributed by atoms with Crippen LogP contribution in [-0.2, 0) is 4.79 Å². The average Bonchev–Trinajstić information content (AvgIpc) is 3.18. The Morgan fingerprint density at radius 3 is 2.87 bits per heavy atom. The maximum Gasteiger partial charge on any atom is 0.225 e. The van der Waals surface area contributed by atoms with Gasteiger partial charge in [-0.05, 0) is 62.1 Å². The van der Waals surface area contributed by atoms with Crippen LogP contribution in [0.1, 0.15) is 38.5 Å². The summed E-state index contributed by atoms with van der Waals surface area (Å²) in [5.74, 6) is 2.01. The summed E-state index contributed by atoms with van der Waals surface area (Å²) in [6.07, 6.45) is 7.31. The lowest BCUT2D eigenvalue weighted by Gasteiger charge is -2.35. The van der Waals surface area contributed by atoms with Gasteiger partial charge in [0.2, 0.25) is 5.91 Å². The molecular formula is C19H25ClN2O. The van der Waals surface area contributed by atoms with Crippen molar-refractivity contribution in [2.24, 2.45) is 17.8 Å². The van der Waals surface area contributed by atoms with E-state index in [1.54, 1.807) is 0 Å². The first-order chi connectivity index (χ1) is 11.2. The maximum absolute atomic E-state index is 12.7. The lowest BCUT2D eigenvalue weighted by molar-refractivity contribution is -0.126. The summed E-state index contributed by atoms with van der Waals surface area (Å²) in [6.45, 7) is 1.82. The molecule has 2 bridgehead atoms. The van der Waals surface area contributed by atoms with Crippen molar-refractivity contribution in [3.8, 4) is 0 Å². The molecular weight excluding hydrogens is 308 g/mol. The number of carbonyl (C=O) groups excluding carboxylic acids is 1. The monoisotopic (exact) mass is 332 g/mol. The topological polar surface area (TPSA) is 32.3 Å². The van der Waals surface area contributed by atoms with Crippen LogP contribution in [0.4, 0.5) is 5.69 Å². The lowest BCUT2D eigenvalue weighted by atomic mass is 9.92. The van der Waals surface area contributed by atoms with Crippen LogP contribution in [-0.4, -0.2) is 25.0 Å². The number of amides is 1. The Labute approximate surface area is 143 Å². The number of halogens is 1. The number of benzene rings is 1. The first kappa shape index (κ1) is 15.3. The highest BCUT2D eigenvalue weighted by atomic mass is 35.5. The van der Waals surface area contributed by atoms with Crippen molar-refractivity contribution in [3.63, 3.8) is 0 Å². The summed E-state index contributed by atoms with van der Waals surface area (Å²) in [5, 5.41) is 4.13. The third-order valence-electron chi connectivity index (χ3n) is 6.03. The molecule has 4 atom stereocenters. The summed E-state index contributed by atoms with van der Waals surface area (Å²) in [5.41, 5.74) is 1.13. The molecule has 1 aromatic rings. The SMILES string of the molecule is O=C(N[C@@H]1C[C@@H]2CC[C@H]1C2)C1CCCN(c2cccc(Cl)c2)C1. The summed E-state index contributed by atoms with van der Waals surface area (Å²) in [6, 6.07) is 8.41.